The molecular weight excluding hydrogens is 488 g/mol. The van der Waals surface area contributed by atoms with Gasteiger partial charge in [0.1, 0.15) is 5.75 Å². The number of ether oxygens (including phenoxy) is 2. The largest absolute Gasteiger partial charge is 0.513 e. The first kappa shape index (κ1) is 24.0. The molecule has 2 N–H and O–H groups in total. The molecule has 2 amide bonds. The molecule has 0 atom stereocenters. The maximum atomic E-state index is 12.5. The first-order valence-corrected chi connectivity index (χ1v) is 11.1. The number of benzene rings is 3. The van der Waals surface area contributed by atoms with Gasteiger partial charge in [-0.25, -0.2) is 4.79 Å². The molecule has 0 fully saturated rings. The van der Waals surface area contributed by atoms with E-state index < -0.39 is 6.16 Å². The molecule has 0 bridgehead atoms. The first-order chi connectivity index (χ1) is 15.9. The van der Waals surface area contributed by atoms with E-state index in [-0.39, 0.29) is 37.1 Å². The number of para-hydroxylation sites is 1. The summed E-state index contributed by atoms with van der Waals surface area (Å²) in [7, 11) is 0. The Labute approximate surface area is 200 Å². The van der Waals surface area contributed by atoms with Crippen molar-refractivity contribution in [3.05, 3.63) is 94.0 Å². The third kappa shape index (κ3) is 7.47. The van der Waals surface area contributed by atoms with Crippen molar-refractivity contribution in [3.63, 3.8) is 0 Å². The molecule has 0 radical (unpaired) electrons. The number of amides is 2. The van der Waals surface area contributed by atoms with E-state index in [0.29, 0.717) is 11.3 Å². The number of nitrogens with one attached hydrogen (secondary N) is 2. The minimum Gasteiger partial charge on any atom is -0.434 e. The molecule has 8 heteroatoms. The Bertz CT molecular complexity index is 1110. The van der Waals surface area contributed by atoms with Crippen LogP contribution in [0.5, 0.6) is 5.75 Å². The summed E-state index contributed by atoms with van der Waals surface area (Å²) in [4.78, 5) is 36.4. The molecule has 0 aliphatic heterocycles. The lowest BCUT2D eigenvalue weighted by atomic mass is 10.1. The topological polar surface area (TPSA) is 93.7 Å². The summed E-state index contributed by atoms with van der Waals surface area (Å²) in [5.41, 5.74) is 2.72. The van der Waals surface area contributed by atoms with Gasteiger partial charge in [0.15, 0.2) is 0 Å². The number of carbonyl (C=O) groups is 3. The molecule has 0 saturated carbocycles. The summed E-state index contributed by atoms with van der Waals surface area (Å²) < 4.78 is 10.7. The summed E-state index contributed by atoms with van der Waals surface area (Å²) in [6.07, 6.45) is -0.553. The Hall–Kier alpha value is -3.65. The quantitative estimate of drug-likeness (QED) is 0.325. The van der Waals surface area contributed by atoms with Crippen LogP contribution >= 0.6 is 15.9 Å². The molecule has 0 aliphatic carbocycles. The lowest BCUT2D eigenvalue weighted by Crippen LogP contribution is -2.24. The molecule has 0 spiro atoms. The van der Waals surface area contributed by atoms with E-state index in [0.717, 1.165) is 15.6 Å². The summed E-state index contributed by atoms with van der Waals surface area (Å²) in [6.45, 7) is 2.13. The van der Waals surface area contributed by atoms with Crippen molar-refractivity contribution in [1.29, 1.82) is 0 Å². The van der Waals surface area contributed by atoms with Crippen LogP contribution in [0, 0.1) is 0 Å². The smallest absolute Gasteiger partial charge is 0.434 e. The van der Waals surface area contributed by atoms with Crippen molar-refractivity contribution in [2.75, 3.05) is 11.9 Å². The zero-order valence-electron chi connectivity index (χ0n) is 18.0. The first-order valence-electron chi connectivity index (χ1n) is 10.3. The number of carbonyl (C=O) groups excluding carboxylic acids is 3. The SMILES string of the molecule is CCOC(=O)Oc1ccc(C(=O)NCc2ccccc2NC(=O)Cc2ccc(Br)cc2)cc1. The molecule has 3 rings (SSSR count). The highest BCUT2D eigenvalue weighted by molar-refractivity contribution is 9.10. The van der Waals surface area contributed by atoms with Crippen LogP contribution in [0.2, 0.25) is 0 Å². The van der Waals surface area contributed by atoms with E-state index >= 15 is 0 Å². The predicted molar refractivity (Wildman–Crippen MR) is 128 cm³/mol. The van der Waals surface area contributed by atoms with Crippen LogP contribution in [0.1, 0.15) is 28.4 Å². The van der Waals surface area contributed by atoms with Gasteiger partial charge in [-0.3, -0.25) is 9.59 Å². The van der Waals surface area contributed by atoms with Crippen LogP contribution < -0.4 is 15.4 Å². The van der Waals surface area contributed by atoms with Gasteiger partial charge >= 0.3 is 6.16 Å². The van der Waals surface area contributed by atoms with Crippen molar-refractivity contribution in [2.45, 2.75) is 19.9 Å². The Balaban J connectivity index is 1.57. The molecule has 170 valence electrons. The Morgan fingerprint density at radius 1 is 0.909 bits per heavy atom. The average Bonchev–Trinajstić information content (AvgIpc) is 2.80. The highest BCUT2D eigenvalue weighted by Crippen LogP contribution is 2.17. The van der Waals surface area contributed by atoms with Gasteiger partial charge in [0.25, 0.3) is 5.91 Å². The highest BCUT2D eigenvalue weighted by Gasteiger charge is 2.11. The Kier molecular flexibility index (Phi) is 8.60. The maximum absolute atomic E-state index is 12.5. The normalized spacial score (nSPS) is 10.2. The number of halogens is 1. The van der Waals surface area contributed by atoms with Gasteiger partial charge in [-0.05, 0) is 60.5 Å². The van der Waals surface area contributed by atoms with Crippen molar-refractivity contribution in [3.8, 4) is 5.75 Å². The molecule has 0 heterocycles. The fourth-order valence-corrected chi connectivity index (χ4v) is 3.24. The average molecular weight is 511 g/mol. The van der Waals surface area contributed by atoms with E-state index in [4.69, 9.17) is 9.47 Å². The van der Waals surface area contributed by atoms with Gasteiger partial charge in [-0.2, -0.15) is 0 Å². The van der Waals surface area contributed by atoms with Crippen LogP contribution in [-0.4, -0.2) is 24.6 Å². The molecular formula is C25H23BrN2O5. The second-order valence-electron chi connectivity index (χ2n) is 7.00. The number of anilines is 1. The minimum absolute atomic E-state index is 0.145. The third-order valence-corrected chi connectivity index (χ3v) is 5.12. The Morgan fingerprint density at radius 2 is 1.61 bits per heavy atom. The van der Waals surface area contributed by atoms with E-state index in [1.54, 1.807) is 25.1 Å². The molecule has 7 nitrogen and oxygen atoms in total. The lowest BCUT2D eigenvalue weighted by molar-refractivity contribution is -0.115. The van der Waals surface area contributed by atoms with Gasteiger partial charge in [0.2, 0.25) is 5.91 Å². The predicted octanol–water partition coefficient (Wildman–Crippen LogP) is 5.10. The fourth-order valence-electron chi connectivity index (χ4n) is 2.97. The highest BCUT2D eigenvalue weighted by atomic mass is 79.9. The molecule has 3 aromatic carbocycles. The van der Waals surface area contributed by atoms with Gasteiger partial charge in [0, 0.05) is 22.3 Å². The Morgan fingerprint density at radius 3 is 2.30 bits per heavy atom. The lowest BCUT2D eigenvalue weighted by Gasteiger charge is -2.12. The second-order valence-corrected chi connectivity index (χ2v) is 7.92. The molecule has 0 aliphatic rings. The van der Waals surface area contributed by atoms with Crippen LogP contribution in [0.3, 0.4) is 0 Å². The monoisotopic (exact) mass is 510 g/mol. The maximum Gasteiger partial charge on any atom is 0.513 e. The molecule has 0 aromatic heterocycles. The summed E-state index contributed by atoms with van der Waals surface area (Å²) >= 11 is 3.38. The van der Waals surface area contributed by atoms with E-state index in [2.05, 4.69) is 26.6 Å². The number of hydrogen-bond acceptors (Lipinski definition) is 5. The van der Waals surface area contributed by atoms with E-state index in [1.807, 2.05) is 42.5 Å². The molecule has 33 heavy (non-hydrogen) atoms. The van der Waals surface area contributed by atoms with Crippen molar-refractivity contribution in [1.82, 2.24) is 5.32 Å². The van der Waals surface area contributed by atoms with Gasteiger partial charge < -0.3 is 20.1 Å². The van der Waals surface area contributed by atoms with Crippen molar-refractivity contribution < 1.29 is 23.9 Å². The van der Waals surface area contributed by atoms with Crippen LogP contribution in [-0.2, 0) is 22.5 Å². The van der Waals surface area contributed by atoms with Crippen LogP contribution in [0.25, 0.3) is 0 Å². The van der Waals surface area contributed by atoms with Gasteiger partial charge in [-0.15, -0.1) is 0 Å². The van der Waals surface area contributed by atoms with Crippen LogP contribution in [0.4, 0.5) is 10.5 Å². The number of rotatable bonds is 8. The zero-order chi connectivity index (χ0) is 23.6. The second kappa shape index (κ2) is 11.8. The minimum atomic E-state index is -0.798. The zero-order valence-corrected chi connectivity index (χ0v) is 19.6. The van der Waals surface area contributed by atoms with Gasteiger partial charge in [0.05, 0.1) is 13.0 Å². The summed E-state index contributed by atoms with van der Waals surface area (Å²) in [5, 5.41) is 5.75. The standard InChI is InChI=1S/C25H23BrN2O5/c1-2-32-25(31)33-21-13-9-18(10-14-21)24(30)27-16-19-5-3-4-6-22(19)28-23(29)15-17-7-11-20(26)12-8-17/h3-14H,2,15-16H2,1H3,(H,27,30)(H,28,29). The van der Waals surface area contributed by atoms with Gasteiger partial charge in [-0.1, -0.05) is 46.3 Å². The molecule has 0 unspecified atom stereocenters. The van der Waals surface area contributed by atoms with Crippen molar-refractivity contribution in [2.24, 2.45) is 0 Å². The third-order valence-electron chi connectivity index (χ3n) is 4.59. The van der Waals surface area contributed by atoms with E-state index in [1.165, 1.54) is 12.1 Å². The van der Waals surface area contributed by atoms with Crippen molar-refractivity contribution >= 4 is 39.6 Å². The number of hydrogen-bond donors (Lipinski definition) is 2. The van der Waals surface area contributed by atoms with Crippen LogP contribution in [0.15, 0.2) is 77.3 Å². The molecule has 0 saturated heterocycles. The summed E-state index contributed by atoms with van der Waals surface area (Å²) in [6, 6.07) is 21.0. The van der Waals surface area contributed by atoms with E-state index in [9.17, 15) is 14.4 Å². The fraction of sp³-hybridized carbons (Fsp3) is 0.160. The molecule has 3 aromatic rings. The summed E-state index contributed by atoms with van der Waals surface area (Å²) in [5.74, 6) is -0.161.